The average Bonchev–Trinajstić information content (AvgIpc) is 2.70. The molecule has 3 aromatic rings. The Balaban J connectivity index is 1.95. The van der Waals surface area contributed by atoms with Crippen molar-refractivity contribution in [3.8, 4) is 5.75 Å². The molecular formula is C20H17ClN2O4S. The third-order valence-corrected chi connectivity index (χ3v) is 6.22. The summed E-state index contributed by atoms with van der Waals surface area (Å²) in [5.41, 5.74) is 0.656. The molecule has 8 heteroatoms. The van der Waals surface area contributed by atoms with Crippen molar-refractivity contribution >= 4 is 38.9 Å². The van der Waals surface area contributed by atoms with Crippen LogP contribution in [-0.4, -0.2) is 26.5 Å². The van der Waals surface area contributed by atoms with Crippen molar-refractivity contribution in [2.24, 2.45) is 0 Å². The average molecular weight is 417 g/mol. The summed E-state index contributed by atoms with van der Waals surface area (Å²) in [6.07, 6.45) is 0. The van der Waals surface area contributed by atoms with E-state index in [4.69, 9.17) is 11.6 Å². The second kappa shape index (κ2) is 7.92. The number of nitrogens with zero attached hydrogens (tertiary/aromatic N) is 1. The van der Waals surface area contributed by atoms with Gasteiger partial charge in [-0.3, -0.25) is 9.10 Å². The number of rotatable bonds is 5. The molecule has 0 saturated heterocycles. The van der Waals surface area contributed by atoms with E-state index in [9.17, 15) is 18.3 Å². The van der Waals surface area contributed by atoms with Crippen molar-refractivity contribution in [3.63, 3.8) is 0 Å². The highest BCUT2D eigenvalue weighted by molar-refractivity contribution is 7.92. The van der Waals surface area contributed by atoms with Gasteiger partial charge >= 0.3 is 0 Å². The molecule has 6 nitrogen and oxygen atoms in total. The van der Waals surface area contributed by atoms with Gasteiger partial charge in [0.2, 0.25) is 0 Å². The third-order valence-electron chi connectivity index (χ3n) is 4.11. The van der Waals surface area contributed by atoms with Crippen molar-refractivity contribution in [1.82, 2.24) is 0 Å². The molecule has 0 aliphatic carbocycles. The second-order valence-corrected chi connectivity index (χ2v) is 8.30. The number of aromatic hydroxyl groups is 1. The molecule has 28 heavy (non-hydrogen) atoms. The van der Waals surface area contributed by atoms with E-state index in [-0.39, 0.29) is 26.9 Å². The number of carbonyl (C=O) groups is 1. The first kappa shape index (κ1) is 19.7. The van der Waals surface area contributed by atoms with Crippen LogP contribution in [0.25, 0.3) is 0 Å². The maximum absolute atomic E-state index is 12.9. The van der Waals surface area contributed by atoms with Gasteiger partial charge in [0, 0.05) is 7.05 Å². The summed E-state index contributed by atoms with van der Waals surface area (Å²) >= 11 is 6.11. The molecular weight excluding hydrogens is 400 g/mol. The topological polar surface area (TPSA) is 86.7 Å². The lowest BCUT2D eigenvalue weighted by atomic mass is 10.2. The van der Waals surface area contributed by atoms with Crippen molar-refractivity contribution in [1.29, 1.82) is 0 Å². The fourth-order valence-corrected chi connectivity index (χ4v) is 3.97. The summed E-state index contributed by atoms with van der Waals surface area (Å²) in [6.45, 7) is 0. The number of carbonyl (C=O) groups excluding carboxylic acids is 1. The Morgan fingerprint density at radius 3 is 2.32 bits per heavy atom. The fraction of sp³-hybridized carbons (Fsp3) is 0.0500. The molecule has 2 N–H and O–H groups in total. The third kappa shape index (κ3) is 3.95. The van der Waals surface area contributed by atoms with E-state index >= 15 is 0 Å². The molecule has 3 aromatic carbocycles. The minimum atomic E-state index is -3.90. The number of benzene rings is 3. The highest BCUT2D eigenvalue weighted by Gasteiger charge is 2.24. The number of hydrogen-bond donors (Lipinski definition) is 2. The predicted molar refractivity (Wildman–Crippen MR) is 110 cm³/mol. The van der Waals surface area contributed by atoms with Gasteiger partial charge in [0.15, 0.2) is 0 Å². The zero-order valence-electron chi connectivity index (χ0n) is 14.8. The van der Waals surface area contributed by atoms with E-state index < -0.39 is 15.9 Å². The lowest BCUT2D eigenvalue weighted by Gasteiger charge is -2.20. The second-order valence-electron chi connectivity index (χ2n) is 5.92. The first-order valence-corrected chi connectivity index (χ1v) is 10.1. The molecule has 0 unspecified atom stereocenters. The number of sulfonamides is 1. The molecule has 0 aliphatic heterocycles. The summed E-state index contributed by atoms with van der Waals surface area (Å²) in [5.74, 6) is -0.745. The van der Waals surface area contributed by atoms with Crippen LogP contribution in [-0.2, 0) is 10.0 Å². The van der Waals surface area contributed by atoms with Gasteiger partial charge in [-0.2, -0.15) is 0 Å². The SMILES string of the molecule is CN(c1ccccc1)S(=O)(=O)c1ccc(Cl)c(C(=O)Nc2ccccc2O)c1. The maximum atomic E-state index is 12.9. The molecule has 0 bridgehead atoms. The van der Waals surface area contributed by atoms with Crippen molar-refractivity contribution in [2.45, 2.75) is 4.90 Å². The molecule has 0 radical (unpaired) electrons. The molecule has 0 fully saturated rings. The van der Waals surface area contributed by atoms with Gasteiger partial charge in [0.25, 0.3) is 15.9 Å². The summed E-state index contributed by atoms with van der Waals surface area (Å²) in [6, 6.07) is 18.7. The summed E-state index contributed by atoms with van der Waals surface area (Å²) in [5, 5.41) is 12.4. The highest BCUT2D eigenvalue weighted by atomic mass is 35.5. The smallest absolute Gasteiger partial charge is 0.264 e. The number of amides is 1. The quantitative estimate of drug-likeness (QED) is 0.612. The minimum Gasteiger partial charge on any atom is -0.506 e. The molecule has 0 spiro atoms. The van der Waals surface area contributed by atoms with E-state index in [1.807, 2.05) is 0 Å². The number of halogens is 1. The molecule has 0 atom stereocenters. The van der Waals surface area contributed by atoms with Crippen molar-refractivity contribution in [2.75, 3.05) is 16.7 Å². The Morgan fingerprint density at radius 1 is 1.00 bits per heavy atom. The van der Waals surface area contributed by atoms with Gasteiger partial charge in [0.1, 0.15) is 5.75 Å². The van der Waals surface area contributed by atoms with Crippen LogP contribution >= 0.6 is 11.6 Å². The van der Waals surface area contributed by atoms with Crippen LogP contribution in [0.2, 0.25) is 5.02 Å². The van der Waals surface area contributed by atoms with Gasteiger partial charge in [-0.05, 0) is 42.5 Å². The molecule has 0 aromatic heterocycles. The van der Waals surface area contributed by atoms with Crippen molar-refractivity contribution in [3.05, 3.63) is 83.4 Å². The number of anilines is 2. The van der Waals surface area contributed by atoms with Gasteiger partial charge in [-0.25, -0.2) is 8.42 Å². The lowest BCUT2D eigenvalue weighted by Crippen LogP contribution is -2.27. The normalized spacial score (nSPS) is 11.1. The fourth-order valence-electron chi connectivity index (χ4n) is 2.54. The minimum absolute atomic E-state index is 0.0209. The van der Waals surface area contributed by atoms with Crippen LogP contribution in [0.4, 0.5) is 11.4 Å². The van der Waals surface area contributed by atoms with Crippen LogP contribution in [0, 0.1) is 0 Å². The molecule has 144 valence electrons. The largest absolute Gasteiger partial charge is 0.506 e. The Hall–Kier alpha value is -3.03. The van der Waals surface area contributed by atoms with Crippen LogP contribution < -0.4 is 9.62 Å². The summed E-state index contributed by atoms with van der Waals surface area (Å²) in [4.78, 5) is 12.5. The number of hydrogen-bond acceptors (Lipinski definition) is 4. The van der Waals surface area contributed by atoms with E-state index in [1.165, 1.54) is 37.4 Å². The first-order valence-electron chi connectivity index (χ1n) is 8.23. The van der Waals surface area contributed by atoms with Gasteiger partial charge < -0.3 is 10.4 Å². The monoisotopic (exact) mass is 416 g/mol. The molecule has 0 aliphatic rings. The zero-order chi connectivity index (χ0) is 20.3. The Morgan fingerprint density at radius 2 is 1.64 bits per heavy atom. The molecule has 0 saturated carbocycles. The number of nitrogens with one attached hydrogen (secondary N) is 1. The van der Waals surface area contributed by atoms with E-state index in [0.717, 1.165) is 4.31 Å². The van der Waals surface area contributed by atoms with Gasteiger partial charge in [-0.15, -0.1) is 0 Å². The standard InChI is InChI=1S/C20H17ClN2O4S/c1-23(14-7-3-2-4-8-14)28(26,27)15-11-12-17(21)16(13-15)20(25)22-18-9-5-6-10-19(18)24/h2-13,24H,1H3,(H,22,25). The molecule has 1 amide bonds. The number of phenols is 1. The number of phenolic OH excluding ortho intramolecular Hbond substituents is 1. The predicted octanol–water partition coefficient (Wildman–Crippen LogP) is 4.12. The Labute approximate surface area is 168 Å². The number of para-hydroxylation sites is 3. The lowest BCUT2D eigenvalue weighted by molar-refractivity contribution is 0.102. The van der Waals surface area contributed by atoms with E-state index in [1.54, 1.807) is 42.5 Å². The van der Waals surface area contributed by atoms with Crippen LogP contribution in [0.1, 0.15) is 10.4 Å². The van der Waals surface area contributed by atoms with E-state index in [2.05, 4.69) is 5.32 Å². The Kier molecular flexibility index (Phi) is 5.58. The molecule has 3 rings (SSSR count). The van der Waals surface area contributed by atoms with Crippen LogP contribution in [0.3, 0.4) is 0 Å². The maximum Gasteiger partial charge on any atom is 0.264 e. The summed E-state index contributed by atoms with van der Waals surface area (Å²) in [7, 11) is -2.47. The van der Waals surface area contributed by atoms with E-state index in [0.29, 0.717) is 5.69 Å². The Bertz CT molecular complexity index is 1120. The van der Waals surface area contributed by atoms with Gasteiger partial charge in [-0.1, -0.05) is 41.9 Å². The van der Waals surface area contributed by atoms with Crippen LogP contribution in [0.5, 0.6) is 5.75 Å². The van der Waals surface area contributed by atoms with Crippen molar-refractivity contribution < 1.29 is 18.3 Å². The zero-order valence-corrected chi connectivity index (χ0v) is 16.4. The van der Waals surface area contributed by atoms with Gasteiger partial charge in [0.05, 0.1) is 26.9 Å². The molecule has 0 heterocycles. The summed E-state index contributed by atoms with van der Waals surface area (Å²) < 4.78 is 27.0. The highest BCUT2D eigenvalue weighted by Crippen LogP contribution is 2.27. The first-order chi connectivity index (χ1) is 13.3. The van der Waals surface area contributed by atoms with Crippen LogP contribution in [0.15, 0.2) is 77.7 Å².